The highest BCUT2D eigenvalue weighted by atomic mass is 35.5. The molecule has 2 aromatic carbocycles. The lowest BCUT2D eigenvalue weighted by molar-refractivity contribution is -0.115. The van der Waals surface area contributed by atoms with E-state index in [0.29, 0.717) is 17.2 Å². The van der Waals surface area contributed by atoms with Gasteiger partial charge >= 0.3 is 0 Å². The lowest BCUT2D eigenvalue weighted by Crippen LogP contribution is -2.16. The average molecular weight is 375 g/mol. The van der Waals surface area contributed by atoms with Gasteiger partial charge < -0.3 is 10.6 Å². The predicted molar refractivity (Wildman–Crippen MR) is 95.5 cm³/mol. The lowest BCUT2D eigenvalue weighted by atomic mass is 10.1. The quantitative estimate of drug-likeness (QED) is 0.697. The fourth-order valence-electron chi connectivity index (χ4n) is 2.28. The molecular weight excluding hydrogens is 362 g/mol. The number of carbonyl (C=O) groups is 1. The third-order valence-corrected chi connectivity index (χ3v) is 3.79. The van der Waals surface area contributed by atoms with Crippen molar-refractivity contribution in [2.75, 3.05) is 10.6 Å². The van der Waals surface area contributed by atoms with E-state index >= 15 is 0 Å². The minimum atomic E-state index is -0.547. The molecule has 3 aromatic rings. The molecule has 0 bridgehead atoms. The second kappa shape index (κ2) is 7.88. The van der Waals surface area contributed by atoms with Crippen molar-refractivity contribution in [1.82, 2.24) is 10.2 Å². The largest absolute Gasteiger partial charge is 0.339 e. The molecule has 0 saturated heterocycles. The van der Waals surface area contributed by atoms with Crippen LogP contribution < -0.4 is 10.6 Å². The number of aromatic nitrogens is 2. The maximum atomic E-state index is 13.8. The summed E-state index contributed by atoms with van der Waals surface area (Å²) in [6, 6.07) is 11.6. The summed E-state index contributed by atoms with van der Waals surface area (Å²) in [5, 5.41) is 13.3. The van der Waals surface area contributed by atoms with Crippen LogP contribution in [0, 0.1) is 11.6 Å². The molecule has 1 aromatic heterocycles. The van der Waals surface area contributed by atoms with Gasteiger partial charge in [0.25, 0.3) is 0 Å². The van der Waals surface area contributed by atoms with E-state index in [-0.39, 0.29) is 17.0 Å². The first-order valence-corrected chi connectivity index (χ1v) is 7.97. The van der Waals surface area contributed by atoms with Gasteiger partial charge in [0.2, 0.25) is 5.91 Å². The van der Waals surface area contributed by atoms with Crippen LogP contribution in [0.2, 0.25) is 5.02 Å². The number of halogens is 3. The molecule has 0 aliphatic carbocycles. The summed E-state index contributed by atoms with van der Waals surface area (Å²) in [5.41, 5.74) is 0.962. The summed E-state index contributed by atoms with van der Waals surface area (Å²) < 4.78 is 27.0. The number of hydrogen-bond donors (Lipinski definition) is 2. The van der Waals surface area contributed by atoms with Crippen molar-refractivity contribution in [2.24, 2.45) is 0 Å². The number of nitrogens with one attached hydrogen (secondary N) is 2. The van der Waals surface area contributed by atoms with Crippen molar-refractivity contribution >= 4 is 34.7 Å². The Morgan fingerprint density at radius 1 is 1.08 bits per heavy atom. The third kappa shape index (κ3) is 4.52. The van der Waals surface area contributed by atoms with E-state index in [1.165, 1.54) is 42.6 Å². The molecule has 1 heterocycles. The number of anilines is 3. The van der Waals surface area contributed by atoms with Crippen LogP contribution in [0.25, 0.3) is 0 Å². The Hall–Kier alpha value is -3.06. The molecule has 0 radical (unpaired) electrons. The molecular formula is C18H13ClF2N4O. The van der Waals surface area contributed by atoms with Crippen LogP contribution >= 0.6 is 11.6 Å². The van der Waals surface area contributed by atoms with Gasteiger partial charge in [0, 0.05) is 22.3 Å². The first-order chi connectivity index (χ1) is 12.5. The molecule has 132 valence electrons. The van der Waals surface area contributed by atoms with E-state index in [2.05, 4.69) is 20.8 Å². The highest BCUT2D eigenvalue weighted by Gasteiger charge is 2.12. The Balaban J connectivity index is 1.69. The second-order valence-corrected chi connectivity index (χ2v) is 5.80. The topological polar surface area (TPSA) is 66.9 Å². The zero-order valence-electron chi connectivity index (χ0n) is 13.3. The standard InChI is InChI=1S/C18H13ClF2N4O/c19-15-5-2-6-16(21)14(15)9-18(26)24-13-8-17(25-22-10-13)23-12-4-1-3-11(20)7-12/h1-8,10H,9H2,(H2,23,24,25,26). The Morgan fingerprint density at radius 2 is 1.88 bits per heavy atom. The molecule has 0 saturated carbocycles. The number of amides is 1. The van der Waals surface area contributed by atoms with Crippen molar-refractivity contribution < 1.29 is 13.6 Å². The molecule has 0 unspecified atom stereocenters. The smallest absolute Gasteiger partial charge is 0.229 e. The fraction of sp³-hybridized carbons (Fsp3) is 0.0556. The molecule has 8 heteroatoms. The lowest BCUT2D eigenvalue weighted by Gasteiger charge is -2.09. The molecule has 3 rings (SSSR count). The third-order valence-electron chi connectivity index (χ3n) is 3.43. The SMILES string of the molecule is O=C(Cc1c(F)cccc1Cl)Nc1cnnc(Nc2cccc(F)c2)c1. The summed E-state index contributed by atoms with van der Waals surface area (Å²) >= 11 is 5.92. The molecule has 0 aliphatic rings. The molecule has 5 nitrogen and oxygen atoms in total. The normalized spacial score (nSPS) is 10.4. The van der Waals surface area contributed by atoms with Gasteiger partial charge in [-0.05, 0) is 30.3 Å². The summed E-state index contributed by atoms with van der Waals surface area (Å²) in [7, 11) is 0. The Kier molecular flexibility index (Phi) is 5.38. The van der Waals surface area contributed by atoms with Crippen LogP contribution in [-0.2, 0) is 11.2 Å². The number of hydrogen-bond acceptors (Lipinski definition) is 4. The molecule has 2 N–H and O–H groups in total. The zero-order chi connectivity index (χ0) is 18.5. The van der Waals surface area contributed by atoms with E-state index in [1.807, 2.05) is 0 Å². The second-order valence-electron chi connectivity index (χ2n) is 5.39. The summed E-state index contributed by atoms with van der Waals surface area (Å²) in [6.07, 6.45) is 1.12. The number of benzene rings is 2. The van der Waals surface area contributed by atoms with Crippen LogP contribution in [0.5, 0.6) is 0 Å². The van der Waals surface area contributed by atoms with E-state index in [1.54, 1.807) is 12.1 Å². The van der Waals surface area contributed by atoms with Crippen molar-refractivity contribution in [3.05, 3.63) is 76.9 Å². The van der Waals surface area contributed by atoms with Gasteiger partial charge in [-0.2, -0.15) is 5.10 Å². The summed E-state index contributed by atoms with van der Waals surface area (Å²) in [5.74, 6) is -1.08. The van der Waals surface area contributed by atoms with E-state index in [4.69, 9.17) is 11.6 Å². The van der Waals surface area contributed by atoms with E-state index in [0.717, 1.165) is 0 Å². The van der Waals surface area contributed by atoms with Crippen molar-refractivity contribution in [2.45, 2.75) is 6.42 Å². The number of nitrogens with zero attached hydrogens (tertiary/aromatic N) is 2. The highest BCUT2D eigenvalue weighted by molar-refractivity contribution is 6.31. The van der Waals surface area contributed by atoms with Crippen LogP contribution in [0.15, 0.2) is 54.7 Å². The first-order valence-electron chi connectivity index (χ1n) is 7.59. The van der Waals surface area contributed by atoms with E-state index in [9.17, 15) is 13.6 Å². The first kappa shape index (κ1) is 17.8. The molecule has 0 spiro atoms. The predicted octanol–water partition coefficient (Wildman–Crippen LogP) is 4.33. The monoisotopic (exact) mass is 374 g/mol. The Labute approximate surface area is 153 Å². The number of rotatable bonds is 5. The fourth-order valence-corrected chi connectivity index (χ4v) is 2.51. The molecule has 0 aliphatic heterocycles. The molecule has 0 fully saturated rings. The van der Waals surface area contributed by atoms with Gasteiger partial charge in [0.05, 0.1) is 18.3 Å². The van der Waals surface area contributed by atoms with Crippen LogP contribution in [0.3, 0.4) is 0 Å². The zero-order valence-corrected chi connectivity index (χ0v) is 14.1. The minimum Gasteiger partial charge on any atom is -0.339 e. The van der Waals surface area contributed by atoms with Crippen molar-refractivity contribution in [3.8, 4) is 0 Å². The Morgan fingerprint density at radius 3 is 2.65 bits per heavy atom. The minimum absolute atomic E-state index is 0.117. The molecule has 0 atom stereocenters. The number of carbonyl (C=O) groups excluding carboxylic acids is 1. The molecule has 26 heavy (non-hydrogen) atoms. The van der Waals surface area contributed by atoms with Gasteiger partial charge in [-0.3, -0.25) is 4.79 Å². The van der Waals surface area contributed by atoms with Gasteiger partial charge in [-0.1, -0.05) is 23.7 Å². The van der Waals surface area contributed by atoms with Crippen molar-refractivity contribution in [1.29, 1.82) is 0 Å². The maximum Gasteiger partial charge on any atom is 0.229 e. The maximum absolute atomic E-state index is 13.8. The van der Waals surface area contributed by atoms with Crippen LogP contribution in [-0.4, -0.2) is 16.1 Å². The summed E-state index contributed by atoms with van der Waals surface area (Å²) in [4.78, 5) is 12.1. The van der Waals surface area contributed by atoms with Gasteiger partial charge in [-0.15, -0.1) is 5.10 Å². The summed E-state index contributed by atoms with van der Waals surface area (Å²) in [6.45, 7) is 0. The van der Waals surface area contributed by atoms with Gasteiger partial charge in [-0.25, -0.2) is 8.78 Å². The Bertz CT molecular complexity index is 932. The van der Waals surface area contributed by atoms with E-state index < -0.39 is 17.5 Å². The van der Waals surface area contributed by atoms with Gasteiger partial charge in [0.15, 0.2) is 5.82 Å². The van der Waals surface area contributed by atoms with Crippen LogP contribution in [0.1, 0.15) is 5.56 Å². The van der Waals surface area contributed by atoms with Gasteiger partial charge in [0.1, 0.15) is 11.6 Å². The molecule has 1 amide bonds. The average Bonchev–Trinajstić information content (AvgIpc) is 2.59. The van der Waals surface area contributed by atoms with Crippen molar-refractivity contribution in [3.63, 3.8) is 0 Å². The van der Waals surface area contributed by atoms with Crippen LogP contribution in [0.4, 0.5) is 26.0 Å². The highest BCUT2D eigenvalue weighted by Crippen LogP contribution is 2.21.